The van der Waals surface area contributed by atoms with Gasteiger partial charge in [-0.15, -0.1) is 0 Å². The fraction of sp³-hybridized carbons (Fsp3) is 0.679. The van der Waals surface area contributed by atoms with E-state index in [9.17, 15) is 19.5 Å². The monoisotopic (exact) mass is 487 g/mol. The molecule has 0 spiro atoms. The number of rotatable bonds is 9. The molecule has 2 aliphatic rings. The van der Waals surface area contributed by atoms with Crippen molar-refractivity contribution in [1.82, 2.24) is 4.90 Å². The highest BCUT2D eigenvalue weighted by atomic mass is 16.5. The molecule has 0 bridgehead atoms. The lowest BCUT2D eigenvalue weighted by Crippen LogP contribution is -2.59. The Kier molecular flexibility index (Phi) is 9.47. The molecule has 0 unspecified atom stereocenters. The molecule has 0 radical (unpaired) electrons. The van der Waals surface area contributed by atoms with Gasteiger partial charge in [0.15, 0.2) is 0 Å². The van der Waals surface area contributed by atoms with Crippen LogP contribution in [0.5, 0.6) is 0 Å². The molecule has 3 rings (SSSR count). The van der Waals surface area contributed by atoms with E-state index in [0.29, 0.717) is 31.7 Å². The molecule has 1 saturated heterocycles. The highest BCUT2D eigenvalue weighted by molar-refractivity contribution is 6.39. The summed E-state index contributed by atoms with van der Waals surface area (Å²) in [6.45, 7) is 6.48. The van der Waals surface area contributed by atoms with Crippen LogP contribution in [-0.2, 0) is 30.5 Å². The summed E-state index contributed by atoms with van der Waals surface area (Å²) in [5.41, 5.74) is -0.903. The first kappa shape index (κ1) is 27.3. The predicted octanol–water partition coefficient (Wildman–Crippen LogP) is 3.91. The Balaban J connectivity index is 1.72. The van der Waals surface area contributed by atoms with Gasteiger partial charge in [-0.05, 0) is 68.3 Å². The quantitative estimate of drug-likeness (QED) is 0.419. The summed E-state index contributed by atoms with van der Waals surface area (Å²) in [5.74, 6) is -2.03. The van der Waals surface area contributed by atoms with Gasteiger partial charge in [-0.1, -0.05) is 51.1 Å². The maximum atomic E-state index is 13.5. The molecule has 5 atom stereocenters. The summed E-state index contributed by atoms with van der Waals surface area (Å²) < 4.78 is 11.2. The summed E-state index contributed by atoms with van der Waals surface area (Å²) in [5, 5.41) is 11.6. The molecule has 1 saturated carbocycles. The van der Waals surface area contributed by atoms with Gasteiger partial charge in [-0.25, -0.2) is 4.79 Å². The minimum absolute atomic E-state index is 0.00617. The van der Waals surface area contributed by atoms with Crippen LogP contribution in [0.25, 0.3) is 0 Å². The van der Waals surface area contributed by atoms with Gasteiger partial charge in [-0.3, -0.25) is 9.59 Å². The molecular weight excluding hydrogens is 446 g/mol. The summed E-state index contributed by atoms with van der Waals surface area (Å²) >= 11 is 0. The zero-order valence-electron chi connectivity index (χ0n) is 21.6. The normalized spacial score (nSPS) is 27.9. The van der Waals surface area contributed by atoms with Gasteiger partial charge < -0.3 is 19.5 Å². The fourth-order valence-corrected chi connectivity index (χ4v) is 5.55. The van der Waals surface area contributed by atoms with Gasteiger partial charge in [0, 0.05) is 13.7 Å². The Morgan fingerprint density at radius 3 is 2.49 bits per heavy atom. The van der Waals surface area contributed by atoms with E-state index >= 15 is 0 Å². The Bertz CT molecular complexity index is 871. The Morgan fingerprint density at radius 1 is 1.11 bits per heavy atom. The van der Waals surface area contributed by atoms with E-state index in [2.05, 4.69) is 13.8 Å². The maximum absolute atomic E-state index is 13.5. The summed E-state index contributed by atoms with van der Waals surface area (Å²) in [4.78, 5) is 41.2. The van der Waals surface area contributed by atoms with E-state index in [1.54, 1.807) is 7.11 Å². The Morgan fingerprint density at radius 2 is 1.83 bits per heavy atom. The molecule has 194 valence electrons. The van der Waals surface area contributed by atoms with Crippen molar-refractivity contribution in [3.05, 3.63) is 35.9 Å². The highest BCUT2D eigenvalue weighted by Crippen LogP contribution is 2.41. The van der Waals surface area contributed by atoms with Gasteiger partial charge in [0.25, 0.3) is 11.7 Å². The lowest BCUT2D eigenvalue weighted by atomic mass is 9.67. The maximum Gasteiger partial charge on any atom is 0.329 e. The van der Waals surface area contributed by atoms with Crippen LogP contribution in [0.3, 0.4) is 0 Å². The van der Waals surface area contributed by atoms with Crippen LogP contribution >= 0.6 is 0 Å². The van der Waals surface area contributed by atoms with Crippen molar-refractivity contribution in [2.75, 3.05) is 13.7 Å². The van der Waals surface area contributed by atoms with Crippen molar-refractivity contribution in [3.8, 4) is 0 Å². The number of aliphatic hydroxyl groups is 1. The summed E-state index contributed by atoms with van der Waals surface area (Å²) in [7, 11) is 1.66. The van der Waals surface area contributed by atoms with E-state index < -0.39 is 29.3 Å². The fourth-order valence-electron chi connectivity index (χ4n) is 5.55. The number of piperidine rings is 1. The van der Waals surface area contributed by atoms with Crippen molar-refractivity contribution >= 4 is 17.7 Å². The van der Waals surface area contributed by atoms with Crippen molar-refractivity contribution < 1.29 is 29.0 Å². The zero-order valence-corrected chi connectivity index (χ0v) is 21.6. The number of hydrogen-bond donors (Lipinski definition) is 1. The van der Waals surface area contributed by atoms with E-state index in [0.717, 1.165) is 24.8 Å². The molecule has 7 heteroatoms. The number of ether oxygens (including phenoxy) is 2. The van der Waals surface area contributed by atoms with Crippen LogP contribution in [0.1, 0.15) is 71.3 Å². The van der Waals surface area contributed by atoms with Gasteiger partial charge >= 0.3 is 5.97 Å². The van der Waals surface area contributed by atoms with Crippen LogP contribution in [0.4, 0.5) is 0 Å². The minimum atomic E-state index is -1.76. The van der Waals surface area contributed by atoms with Gasteiger partial charge in [0.05, 0.1) is 6.10 Å². The first-order chi connectivity index (χ1) is 16.7. The number of benzene rings is 1. The average molecular weight is 488 g/mol. The molecule has 1 N–H and O–H groups in total. The number of Topliss-reactive ketones (excluding diaryl/α,β-unsaturated/α-hetero) is 1. The smallest absolute Gasteiger partial charge is 0.329 e. The van der Waals surface area contributed by atoms with Gasteiger partial charge in [0.2, 0.25) is 0 Å². The minimum Gasteiger partial charge on any atom is -0.459 e. The lowest BCUT2D eigenvalue weighted by Gasteiger charge is -2.44. The predicted molar refractivity (Wildman–Crippen MR) is 132 cm³/mol. The lowest BCUT2D eigenvalue weighted by molar-refractivity contribution is -0.170. The molecule has 7 nitrogen and oxygen atoms in total. The van der Waals surface area contributed by atoms with Crippen LogP contribution in [-0.4, -0.2) is 59.1 Å². The molecular formula is C28H41NO6. The third-order valence-electron chi connectivity index (χ3n) is 7.74. The first-order valence-corrected chi connectivity index (χ1v) is 13.0. The molecule has 1 aromatic rings. The Hall–Kier alpha value is -2.25. The highest BCUT2D eigenvalue weighted by Gasteiger charge is 2.52. The number of carbonyl (C=O) groups is 3. The molecule has 1 amide bonds. The van der Waals surface area contributed by atoms with E-state index in [4.69, 9.17) is 9.47 Å². The molecule has 35 heavy (non-hydrogen) atoms. The number of nitrogens with zero attached hydrogens (tertiary/aromatic N) is 1. The zero-order chi connectivity index (χ0) is 25.6. The number of hydrogen-bond acceptors (Lipinski definition) is 6. The molecule has 1 aliphatic heterocycles. The van der Waals surface area contributed by atoms with Crippen molar-refractivity contribution in [2.24, 2.45) is 17.8 Å². The summed E-state index contributed by atoms with van der Waals surface area (Å²) in [6, 6.07) is 8.54. The second-order valence-electron chi connectivity index (χ2n) is 10.7. The SMILES string of the molecule is CO[C@@H](CC(C)C)[C@@H]1CC[C@@H](C)[C@](O)(C(=O)C(=O)N2CCCC[C@H]2C(=O)OCc2ccccc2)C1. The first-order valence-electron chi connectivity index (χ1n) is 13.0. The van der Waals surface area contributed by atoms with E-state index in [-0.39, 0.29) is 31.0 Å². The largest absolute Gasteiger partial charge is 0.459 e. The van der Waals surface area contributed by atoms with Crippen LogP contribution in [0.15, 0.2) is 30.3 Å². The standard InChI is InChI=1S/C28H41NO6/c1-19(2)16-24(34-4)22-14-13-20(3)28(33,17-22)25(30)26(31)29-15-9-8-12-23(29)27(32)35-18-21-10-6-5-7-11-21/h5-7,10-11,19-20,22-24,33H,8-9,12-18H2,1-4H3/t20-,22-,23+,24+,28+/m1/s1. The van der Waals surface area contributed by atoms with Crippen molar-refractivity contribution in [2.45, 2.75) is 90.1 Å². The molecule has 1 aromatic carbocycles. The number of esters is 1. The van der Waals surface area contributed by atoms with Crippen molar-refractivity contribution in [3.63, 3.8) is 0 Å². The molecule has 1 heterocycles. The second-order valence-corrected chi connectivity index (χ2v) is 10.7. The number of carbonyl (C=O) groups excluding carboxylic acids is 3. The van der Waals surface area contributed by atoms with Crippen LogP contribution in [0.2, 0.25) is 0 Å². The number of amides is 1. The Labute approximate surface area is 209 Å². The second kappa shape index (κ2) is 12.1. The topological polar surface area (TPSA) is 93.1 Å². The summed E-state index contributed by atoms with van der Waals surface area (Å²) in [6.07, 6.45) is 4.36. The van der Waals surface area contributed by atoms with Crippen molar-refractivity contribution in [1.29, 1.82) is 0 Å². The van der Waals surface area contributed by atoms with E-state index in [1.165, 1.54) is 4.90 Å². The third-order valence-corrected chi connectivity index (χ3v) is 7.74. The van der Waals surface area contributed by atoms with Gasteiger partial charge in [-0.2, -0.15) is 0 Å². The van der Waals surface area contributed by atoms with Gasteiger partial charge in [0.1, 0.15) is 18.2 Å². The van der Waals surface area contributed by atoms with Crippen LogP contribution < -0.4 is 0 Å². The molecule has 0 aromatic heterocycles. The third kappa shape index (κ3) is 6.50. The molecule has 1 aliphatic carbocycles. The number of ketones is 1. The number of methoxy groups -OCH3 is 1. The van der Waals surface area contributed by atoms with Crippen LogP contribution in [0, 0.1) is 17.8 Å². The molecule has 2 fully saturated rings. The number of likely N-dealkylation sites (tertiary alicyclic amines) is 1. The van der Waals surface area contributed by atoms with E-state index in [1.807, 2.05) is 37.3 Å². The average Bonchev–Trinajstić information content (AvgIpc) is 2.87.